The van der Waals surface area contributed by atoms with E-state index < -0.39 is 4.92 Å². The van der Waals surface area contributed by atoms with Crippen molar-refractivity contribution in [2.75, 3.05) is 11.9 Å². The Kier molecular flexibility index (Phi) is 4.71. The summed E-state index contributed by atoms with van der Waals surface area (Å²) in [6.45, 7) is 3.01. The molecular weight excluding hydrogens is 256 g/mol. The van der Waals surface area contributed by atoms with Gasteiger partial charge in [-0.2, -0.15) is 0 Å². The molecular formula is C15H20N2O3. The lowest BCUT2D eigenvalue weighted by Crippen LogP contribution is -2.21. The van der Waals surface area contributed by atoms with E-state index in [0.29, 0.717) is 23.5 Å². The van der Waals surface area contributed by atoms with Gasteiger partial charge in [0.25, 0.3) is 5.69 Å². The average molecular weight is 276 g/mol. The van der Waals surface area contributed by atoms with Crippen LogP contribution in [-0.2, 0) is 0 Å². The number of hydrogen-bond donors (Lipinski definition) is 1. The van der Waals surface area contributed by atoms with E-state index in [-0.39, 0.29) is 5.69 Å². The summed E-state index contributed by atoms with van der Waals surface area (Å²) in [6.07, 6.45) is 5.49. The number of benzene rings is 1. The number of hydrogen-bond acceptors (Lipinski definition) is 4. The van der Waals surface area contributed by atoms with Crippen LogP contribution in [0, 0.1) is 22.0 Å². The van der Waals surface area contributed by atoms with Crippen molar-refractivity contribution in [3.63, 3.8) is 0 Å². The van der Waals surface area contributed by atoms with Crippen LogP contribution in [0.1, 0.15) is 43.0 Å². The van der Waals surface area contributed by atoms with E-state index in [1.165, 1.54) is 31.7 Å². The molecule has 5 heteroatoms. The Balaban J connectivity index is 2.05. The fraction of sp³-hybridized carbons (Fsp3) is 0.533. The molecule has 2 unspecified atom stereocenters. The number of nitrogens with zero attached hydrogens (tertiary/aromatic N) is 1. The molecule has 0 spiro atoms. The monoisotopic (exact) mass is 276 g/mol. The van der Waals surface area contributed by atoms with Crippen LogP contribution in [0.2, 0.25) is 0 Å². The first-order valence-electron chi connectivity index (χ1n) is 7.07. The topological polar surface area (TPSA) is 72.2 Å². The molecule has 0 aliphatic heterocycles. The summed E-state index contributed by atoms with van der Waals surface area (Å²) in [6, 6.07) is 4.54. The molecule has 0 saturated heterocycles. The lowest BCUT2D eigenvalue weighted by Gasteiger charge is -2.27. The second kappa shape index (κ2) is 6.50. The molecule has 1 N–H and O–H groups in total. The van der Waals surface area contributed by atoms with Crippen molar-refractivity contribution in [3.05, 3.63) is 33.9 Å². The third-order valence-electron chi connectivity index (χ3n) is 3.98. The number of nitro groups is 1. The van der Waals surface area contributed by atoms with Crippen LogP contribution in [0.4, 0.5) is 11.4 Å². The first kappa shape index (κ1) is 14.5. The van der Waals surface area contributed by atoms with Crippen LogP contribution in [0.15, 0.2) is 18.2 Å². The molecule has 1 fully saturated rings. The van der Waals surface area contributed by atoms with Crippen LogP contribution < -0.4 is 5.32 Å². The van der Waals surface area contributed by atoms with Crippen molar-refractivity contribution < 1.29 is 9.72 Å². The molecule has 0 heterocycles. The zero-order chi connectivity index (χ0) is 14.5. The van der Waals surface area contributed by atoms with Gasteiger partial charge in [0, 0.05) is 18.2 Å². The Labute approximate surface area is 118 Å². The highest BCUT2D eigenvalue weighted by atomic mass is 16.6. The van der Waals surface area contributed by atoms with Crippen LogP contribution in [0.3, 0.4) is 0 Å². The van der Waals surface area contributed by atoms with E-state index in [0.717, 1.165) is 12.5 Å². The summed E-state index contributed by atoms with van der Waals surface area (Å²) >= 11 is 0. The quantitative estimate of drug-likeness (QED) is 0.506. The highest BCUT2D eigenvalue weighted by Gasteiger charge is 2.20. The molecule has 0 bridgehead atoms. The van der Waals surface area contributed by atoms with E-state index in [1.807, 2.05) is 0 Å². The van der Waals surface area contributed by atoms with Crippen molar-refractivity contribution in [1.82, 2.24) is 0 Å². The molecule has 2 atom stereocenters. The SMILES string of the molecule is CC1CCCC(CNc2ccc(C=O)cc2[N+](=O)[O-])C1. The first-order valence-corrected chi connectivity index (χ1v) is 7.07. The van der Waals surface area contributed by atoms with Crippen LogP contribution in [-0.4, -0.2) is 17.8 Å². The van der Waals surface area contributed by atoms with Crippen molar-refractivity contribution in [3.8, 4) is 0 Å². The minimum absolute atomic E-state index is 0.0292. The number of anilines is 1. The van der Waals surface area contributed by atoms with Gasteiger partial charge in [0.15, 0.2) is 0 Å². The Morgan fingerprint density at radius 2 is 2.25 bits per heavy atom. The van der Waals surface area contributed by atoms with Crippen molar-refractivity contribution >= 4 is 17.7 Å². The standard InChI is InChI=1S/C15H20N2O3/c1-11-3-2-4-12(7-11)9-16-14-6-5-13(10-18)8-15(14)17(19)20/h5-6,8,10-12,16H,2-4,7,9H2,1H3. The van der Waals surface area contributed by atoms with Gasteiger partial charge < -0.3 is 5.32 Å². The van der Waals surface area contributed by atoms with E-state index in [2.05, 4.69) is 12.2 Å². The van der Waals surface area contributed by atoms with E-state index >= 15 is 0 Å². The lowest BCUT2D eigenvalue weighted by atomic mass is 9.82. The normalized spacial score (nSPS) is 22.2. The summed E-state index contributed by atoms with van der Waals surface area (Å²) in [7, 11) is 0. The molecule has 1 saturated carbocycles. The second-order valence-electron chi connectivity index (χ2n) is 5.67. The second-order valence-corrected chi connectivity index (χ2v) is 5.67. The zero-order valence-corrected chi connectivity index (χ0v) is 11.7. The van der Waals surface area contributed by atoms with Gasteiger partial charge in [0.2, 0.25) is 0 Å². The molecule has 1 aliphatic carbocycles. The number of aldehydes is 1. The molecule has 0 amide bonds. The van der Waals surface area contributed by atoms with Crippen molar-refractivity contribution in [2.45, 2.75) is 32.6 Å². The summed E-state index contributed by atoms with van der Waals surface area (Å²) in [5.41, 5.74) is 0.797. The van der Waals surface area contributed by atoms with Crippen molar-refractivity contribution in [1.29, 1.82) is 0 Å². The predicted octanol–water partition coefficient (Wildman–Crippen LogP) is 3.65. The number of carbonyl (C=O) groups excluding carboxylic acids is 1. The maximum atomic E-state index is 11.0. The molecule has 0 aromatic heterocycles. The molecule has 2 rings (SSSR count). The minimum Gasteiger partial charge on any atom is -0.379 e. The molecule has 0 radical (unpaired) electrons. The number of nitro benzene ring substituents is 1. The first-order chi connectivity index (χ1) is 9.60. The maximum Gasteiger partial charge on any atom is 0.293 e. The number of rotatable bonds is 5. The molecule has 1 aromatic carbocycles. The van der Waals surface area contributed by atoms with Gasteiger partial charge >= 0.3 is 0 Å². The Bertz CT molecular complexity index is 502. The van der Waals surface area contributed by atoms with Crippen molar-refractivity contribution in [2.24, 2.45) is 11.8 Å². The summed E-state index contributed by atoms with van der Waals surface area (Å²) < 4.78 is 0. The van der Waals surface area contributed by atoms with Gasteiger partial charge in [-0.25, -0.2) is 0 Å². The maximum absolute atomic E-state index is 11.0. The highest BCUT2D eigenvalue weighted by Crippen LogP contribution is 2.30. The molecule has 108 valence electrons. The van der Waals surface area contributed by atoms with Gasteiger partial charge in [-0.1, -0.05) is 19.8 Å². The van der Waals surface area contributed by atoms with Crippen LogP contribution in [0.5, 0.6) is 0 Å². The summed E-state index contributed by atoms with van der Waals surface area (Å²) in [4.78, 5) is 21.3. The third kappa shape index (κ3) is 3.56. The fourth-order valence-corrected chi connectivity index (χ4v) is 2.92. The van der Waals surface area contributed by atoms with Gasteiger partial charge in [-0.05, 0) is 36.8 Å². The Hall–Kier alpha value is -1.91. The number of carbonyl (C=O) groups is 1. The van der Waals surface area contributed by atoms with E-state index in [9.17, 15) is 14.9 Å². The highest BCUT2D eigenvalue weighted by molar-refractivity contribution is 5.79. The van der Waals surface area contributed by atoms with Gasteiger partial charge in [0.05, 0.1) is 4.92 Å². The molecule has 1 aliphatic rings. The van der Waals surface area contributed by atoms with E-state index in [4.69, 9.17) is 0 Å². The molecule has 20 heavy (non-hydrogen) atoms. The van der Waals surface area contributed by atoms with Gasteiger partial charge in [-0.3, -0.25) is 14.9 Å². The molecule has 1 aromatic rings. The van der Waals surface area contributed by atoms with Gasteiger partial charge in [-0.15, -0.1) is 0 Å². The fourth-order valence-electron chi connectivity index (χ4n) is 2.92. The third-order valence-corrected chi connectivity index (χ3v) is 3.98. The molecule has 5 nitrogen and oxygen atoms in total. The van der Waals surface area contributed by atoms with Gasteiger partial charge in [0.1, 0.15) is 12.0 Å². The smallest absolute Gasteiger partial charge is 0.293 e. The van der Waals surface area contributed by atoms with Crippen LogP contribution >= 0.6 is 0 Å². The number of nitrogens with one attached hydrogen (secondary N) is 1. The van der Waals surface area contributed by atoms with Crippen LogP contribution in [0.25, 0.3) is 0 Å². The predicted molar refractivity (Wildman–Crippen MR) is 78.1 cm³/mol. The Morgan fingerprint density at radius 1 is 1.45 bits per heavy atom. The van der Waals surface area contributed by atoms with E-state index in [1.54, 1.807) is 12.1 Å². The summed E-state index contributed by atoms with van der Waals surface area (Å²) in [5, 5.41) is 14.2. The average Bonchev–Trinajstić information content (AvgIpc) is 2.45. The lowest BCUT2D eigenvalue weighted by molar-refractivity contribution is -0.384. The largest absolute Gasteiger partial charge is 0.379 e. The Morgan fingerprint density at radius 3 is 2.90 bits per heavy atom. The minimum atomic E-state index is -0.446. The summed E-state index contributed by atoms with van der Waals surface area (Å²) in [5.74, 6) is 1.31. The zero-order valence-electron chi connectivity index (χ0n) is 11.7.